The Bertz CT molecular complexity index is 802. The van der Waals surface area contributed by atoms with Gasteiger partial charge in [-0.2, -0.15) is 0 Å². The maximum Gasteiger partial charge on any atom is 0.322 e. The SMILES string of the molecule is CCCCNC(=O)c1csc(CN(CCOC)C(=O)Nc2c(C)cccc2C)n1. The lowest BCUT2D eigenvalue weighted by atomic mass is 10.1. The Hall–Kier alpha value is -2.45. The van der Waals surface area contributed by atoms with Crippen LogP contribution in [0.1, 0.15) is 46.4 Å². The summed E-state index contributed by atoms with van der Waals surface area (Å²) in [6.07, 6.45) is 1.96. The molecular weight excluding hydrogens is 388 g/mol. The van der Waals surface area contributed by atoms with Gasteiger partial charge in [0.1, 0.15) is 10.7 Å². The summed E-state index contributed by atoms with van der Waals surface area (Å²) in [5, 5.41) is 8.30. The second-order valence-corrected chi connectivity index (χ2v) is 7.79. The van der Waals surface area contributed by atoms with E-state index in [1.165, 1.54) is 11.3 Å². The van der Waals surface area contributed by atoms with Gasteiger partial charge in [-0.1, -0.05) is 31.5 Å². The molecular formula is C21H30N4O3S. The number of hydrogen-bond acceptors (Lipinski definition) is 5. The quantitative estimate of drug-likeness (QED) is 0.572. The molecule has 0 aliphatic heterocycles. The van der Waals surface area contributed by atoms with Gasteiger partial charge in [0, 0.05) is 31.3 Å². The van der Waals surface area contributed by atoms with Gasteiger partial charge in [0.05, 0.1) is 13.2 Å². The van der Waals surface area contributed by atoms with E-state index in [4.69, 9.17) is 4.74 Å². The summed E-state index contributed by atoms with van der Waals surface area (Å²) in [6.45, 7) is 7.79. The van der Waals surface area contributed by atoms with E-state index < -0.39 is 0 Å². The highest BCUT2D eigenvalue weighted by Crippen LogP contribution is 2.20. The molecule has 0 atom stereocenters. The van der Waals surface area contributed by atoms with Crippen LogP contribution in [0, 0.1) is 13.8 Å². The molecule has 0 fully saturated rings. The lowest BCUT2D eigenvalue weighted by Gasteiger charge is -2.23. The van der Waals surface area contributed by atoms with Crippen molar-refractivity contribution in [2.75, 3.05) is 32.1 Å². The van der Waals surface area contributed by atoms with Crippen LogP contribution in [0.15, 0.2) is 23.6 Å². The second-order valence-electron chi connectivity index (χ2n) is 6.85. The number of aromatic nitrogens is 1. The van der Waals surface area contributed by atoms with Crippen molar-refractivity contribution in [3.8, 4) is 0 Å². The molecule has 0 saturated heterocycles. The standard InChI is InChI=1S/C21H30N4O3S/c1-5-6-10-22-20(26)17-14-29-18(23-17)13-25(11-12-28-4)21(27)24-19-15(2)8-7-9-16(19)3/h7-9,14H,5-6,10-13H2,1-4H3,(H,22,26)(H,24,27). The first-order valence-corrected chi connectivity index (χ1v) is 10.7. The minimum Gasteiger partial charge on any atom is -0.383 e. The number of benzene rings is 1. The van der Waals surface area contributed by atoms with Crippen molar-refractivity contribution in [1.82, 2.24) is 15.2 Å². The van der Waals surface area contributed by atoms with E-state index in [1.807, 2.05) is 32.0 Å². The number of para-hydroxylation sites is 1. The van der Waals surface area contributed by atoms with Gasteiger partial charge in [-0.05, 0) is 31.4 Å². The van der Waals surface area contributed by atoms with Gasteiger partial charge in [-0.25, -0.2) is 9.78 Å². The number of methoxy groups -OCH3 is 1. The number of carbonyl (C=O) groups excluding carboxylic acids is 2. The molecule has 158 valence electrons. The minimum absolute atomic E-state index is 0.177. The number of hydrogen-bond donors (Lipinski definition) is 2. The van der Waals surface area contributed by atoms with Crippen molar-refractivity contribution >= 4 is 29.0 Å². The predicted molar refractivity (Wildman–Crippen MR) is 117 cm³/mol. The smallest absolute Gasteiger partial charge is 0.322 e. The zero-order valence-corrected chi connectivity index (χ0v) is 18.4. The van der Waals surface area contributed by atoms with Gasteiger partial charge >= 0.3 is 6.03 Å². The summed E-state index contributed by atoms with van der Waals surface area (Å²) in [5.74, 6) is -0.177. The fourth-order valence-electron chi connectivity index (χ4n) is 2.77. The molecule has 2 rings (SSSR count). The molecule has 1 aromatic heterocycles. The van der Waals surface area contributed by atoms with Gasteiger partial charge in [0.15, 0.2) is 0 Å². The third kappa shape index (κ3) is 6.83. The Morgan fingerprint density at radius 2 is 1.97 bits per heavy atom. The largest absolute Gasteiger partial charge is 0.383 e. The molecule has 7 nitrogen and oxygen atoms in total. The van der Waals surface area contributed by atoms with Gasteiger partial charge in [0.25, 0.3) is 5.91 Å². The summed E-state index contributed by atoms with van der Waals surface area (Å²) >= 11 is 1.37. The van der Waals surface area contributed by atoms with Gasteiger partial charge in [-0.3, -0.25) is 4.79 Å². The summed E-state index contributed by atoms with van der Waals surface area (Å²) in [5.41, 5.74) is 3.22. The van der Waals surface area contributed by atoms with Crippen LogP contribution >= 0.6 is 11.3 Å². The number of urea groups is 1. The maximum absolute atomic E-state index is 12.9. The van der Waals surface area contributed by atoms with E-state index >= 15 is 0 Å². The molecule has 0 unspecified atom stereocenters. The maximum atomic E-state index is 12.9. The van der Waals surface area contributed by atoms with Crippen molar-refractivity contribution in [2.24, 2.45) is 0 Å². The number of nitrogens with zero attached hydrogens (tertiary/aromatic N) is 2. The highest BCUT2D eigenvalue weighted by Gasteiger charge is 2.18. The second kappa shape index (κ2) is 11.5. The Morgan fingerprint density at radius 3 is 2.62 bits per heavy atom. The lowest BCUT2D eigenvalue weighted by molar-refractivity contribution is 0.0948. The molecule has 3 amide bonds. The third-order valence-electron chi connectivity index (χ3n) is 4.49. The van der Waals surface area contributed by atoms with E-state index in [-0.39, 0.29) is 11.9 Å². The summed E-state index contributed by atoms with van der Waals surface area (Å²) in [4.78, 5) is 31.1. The average Bonchev–Trinajstić information content (AvgIpc) is 3.17. The molecule has 0 radical (unpaired) electrons. The molecule has 0 bridgehead atoms. The van der Waals surface area contributed by atoms with Crippen LogP contribution in [0.4, 0.5) is 10.5 Å². The van der Waals surface area contributed by atoms with E-state index in [1.54, 1.807) is 17.4 Å². The van der Waals surface area contributed by atoms with Crippen molar-refractivity contribution in [3.63, 3.8) is 0 Å². The molecule has 1 aromatic carbocycles. The number of ether oxygens (including phenoxy) is 1. The lowest BCUT2D eigenvalue weighted by Crippen LogP contribution is -2.37. The van der Waals surface area contributed by atoms with Crippen LogP contribution in [-0.2, 0) is 11.3 Å². The van der Waals surface area contributed by atoms with Crippen LogP contribution in [0.5, 0.6) is 0 Å². The summed E-state index contributed by atoms with van der Waals surface area (Å²) in [6, 6.07) is 5.67. The summed E-state index contributed by atoms with van der Waals surface area (Å²) in [7, 11) is 1.60. The number of anilines is 1. The minimum atomic E-state index is -0.219. The third-order valence-corrected chi connectivity index (χ3v) is 5.33. The van der Waals surface area contributed by atoms with Gasteiger partial charge < -0.3 is 20.3 Å². The number of thiazole rings is 1. The first kappa shape index (κ1) is 22.8. The summed E-state index contributed by atoms with van der Waals surface area (Å²) < 4.78 is 5.15. The van der Waals surface area contributed by atoms with Crippen molar-refractivity contribution < 1.29 is 14.3 Å². The Labute approximate surface area is 176 Å². The Kier molecular flexibility index (Phi) is 9.08. The van der Waals surface area contributed by atoms with Crippen LogP contribution < -0.4 is 10.6 Å². The van der Waals surface area contributed by atoms with Gasteiger partial charge in [-0.15, -0.1) is 11.3 Å². The van der Waals surface area contributed by atoms with E-state index in [9.17, 15) is 9.59 Å². The van der Waals surface area contributed by atoms with Crippen molar-refractivity contribution in [2.45, 2.75) is 40.2 Å². The van der Waals surface area contributed by atoms with Crippen LogP contribution in [0.3, 0.4) is 0 Å². The zero-order chi connectivity index (χ0) is 21.2. The first-order chi connectivity index (χ1) is 14.0. The molecule has 2 N–H and O–H groups in total. The monoisotopic (exact) mass is 418 g/mol. The number of unbranched alkanes of at least 4 members (excludes halogenated alkanes) is 1. The molecule has 1 heterocycles. The van der Waals surface area contributed by atoms with Crippen molar-refractivity contribution in [3.05, 3.63) is 45.4 Å². The number of aryl methyl sites for hydroxylation is 2. The van der Waals surface area contributed by atoms with E-state index in [0.717, 1.165) is 29.7 Å². The Balaban J connectivity index is 2.06. The molecule has 2 aromatic rings. The van der Waals surface area contributed by atoms with Crippen LogP contribution in [0.2, 0.25) is 0 Å². The molecule has 0 saturated carbocycles. The number of carbonyl (C=O) groups is 2. The molecule has 29 heavy (non-hydrogen) atoms. The molecule has 0 aliphatic rings. The fourth-order valence-corrected chi connectivity index (χ4v) is 3.56. The predicted octanol–water partition coefficient (Wildman–Crippen LogP) is 3.97. The normalized spacial score (nSPS) is 10.6. The Morgan fingerprint density at radius 1 is 1.24 bits per heavy atom. The van der Waals surface area contributed by atoms with Gasteiger partial charge in [0.2, 0.25) is 0 Å². The van der Waals surface area contributed by atoms with E-state index in [0.29, 0.717) is 36.9 Å². The van der Waals surface area contributed by atoms with Crippen molar-refractivity contribution in [1.29, 1.82) is 0 Å². The van der Waals surface area contributed by atoms with Crippen LogP contribution in [0.25, 0.3) is 0 Å². The number of amides is 3. The topological polar surface area (TPSA) is 83.6 Å². The highest BCUT2D eigenvalue weighted by atomic mass is 32.1. The molecule has 0 aliphatic carbocycles. The highest BCUT2D eigenvalue weighted by molar-refractivity contribution is 7.09. The average molecular weight is 419 g/mol. The first-order valence-electron chi connectivity index (χ1n) is 9.80. The molecule has 0 spiro atoms. The fraction of sp³-hybridized carbons (Fsp3) is 0.476. The number of nitrogens with one attached hydrogen (secondary N) is 2. The number of rotatable bonds is 10. The van der Waals surface area contributed by atoms with E-state index in [2.05, 4.69) is 22.5 Å². The van der Waals surface area contributed by atoms with Crippen LogP contribution in [-0.4, -0.2) is 48.6 Å². The molecule has 8 heteroatoms. The zero-order valence-electron chi connectivity index (χ0n) is 17.6.